The number of nitriles is 2. The summed E-state index contributed by atoms with van der Waals surface area (Å²) in [4.78, 5) is 25.8. The molecule has 10 heteroatoms. The van der Waals surface area contributed by atoms with E-state index < -0.39 is 58.2 Å². The molecule has 0 saturated carbocycles. The molecule has 3 atom stereocenters. The number of ether oxygens (including phenoxy) is 2. The summed E-state index contributed by atoms with van der Waals surface area (Å²) in [5.74, 6) is -8.04. The number of esters is 2. The average Bonchev–Trinajstić information content (AvgIpc) is 2.87. The molecule has 1 N–H and O–H groups in total. The summed E-state index contributed by atoms with van der Waals surface area (Å²) >= 11 is 0. The van der Waals surface area contributed by atoms with E-state index in [0.29, 0.717) is 6.07 Å². The zero-order chi connectivity index (χ0) is 26.8. The molecule has 2 aromatic rings. The molecule has 3 rings (SSSR count). The summed E-state index contributed by atoms with van der Waals surface area (Å²) in [6.07, 6.45) is -4.77. The van der Waals surface area contributed by atoms with Gasteiger partial charge in [-0.15, -0.1) is 0 Å². The maximum atomic E-state index is 13.5. The van der Waals surface area contributed by atoms with Crippen LogP contribution in [0.1, 0.15) is 34.1 Å². The van der Waals surface area contributed by atoms with Gasteiger partial charge in [-0.1, -0.05) is 48.0 Å². The van der Waals surface area contributed by atoms with Crippen molar-refractivity contribution in [2.75, 3.05) is 14.2 Å². The summed E-state index contributed by atoms with van der Waals surface area (Å²) in [7, 11) is 1.99. The largest absolute Gasteiger partial charge is 0.511 e. The number of aryl methyl sites for hydroxylation is 1. The normalized spacial score (nSPS) is 21.2. The molecule has 1 aliphatic carbocycles. The molecule has 36 heavy (non-hydrogen) atoms. The number of methoxy groups -OCH3 is 2. The van der Waals surface area contributed by atoms with Crippen molar-refractivity contribution in [1.82, 2.24) is 0 Å². The van der Waals surface area contributed by atoms with Crippen molar-refractivity contribution in [2.45, 2.75) is 24.9 Å². The maximum absolute atomic E-state index is 13.5. The Morgan fingerprint density at radius 1 is 1.00 bits per heavy atom. The van der Waals surface area contributed by atoms with Gasteiger partial charge in [-0.05, 0) is 24.1 Å². The van der Waals surface area contributed by atoms with Crippen molar-refractivity contribution in [2.24, 2.45) is 11.3 Å². The third-order valence-electron chi connectivity index (χ3n) is 6.35. The minimum absolute atomic E-state index is 0.212. The van der Waals surface area contributed by atoms with Crippen LogP contribution in [0.5, 0.6) is 0 Å². The summed E-state index contributed by atoms with van der Waals surface area (Å²) in [5.41, 5.74) is -3.09. The second kappa shape index (κ2) is 9.74. The van der Waals surface area contributed by atoms with Gasteiger partial charge in [0.2, 0.25) is 0 Å². The molecule has 0 radical (unpaired) electrons. The summed E-state index contributed by atoms with van der Waals surface area (Å²) in [6.45, 7) is 1.78. The van der Waals surface area contributed by atoms with E-state index in [0.717, 1.165) is 31.9 Å². The number of nitrogens with zero attached hydrogens (tertiary/aromatic N) is 2. The molecule has 0 aliphatic heterocycles. The quantitative estimate of drug-likeness (QED) is 0.607. The molecule has 0 spiro atoms. The topological polar surface area (TPSA) is 120 Å². The molecule has 2 aromatic carbocycles. The van der Waals surface area contributed by atoms with Gasteiger partial charge in [0.05, 0.1) is 43.4 Å². The van der Waals surface area contributed by atoms with Crippen LogP contribution < -0.4 is 0 Å². The Kier molecular flexibility index (Phi) is 7.12. The van der Waals surface area contributed by atoms with Gasteiger partial charge in [-0.3, -0.25) is 4.79 Å². The van der Waals surface area contributed by atoms with Gasteiger partial charge < -0.3 is 14.6 Å². The lowest BCUT2D eigenvalue weighted by Gasteiger charge is -2.44. The monoisotopic (exact) mass is 498 g/mol. The molecular weight excluding hydrogens is 477 g/mol. The molecule has 0 saturated heterocycles. The lowest BCUT2D eigenvalue weighted by atomic mass is 9.54. The number of rotatable bonds is 4. The molecule has 0 aromatic heterocycles. The number of carbonyl (C=O) groups is 2. The van der Waals surface area contributed by atoms with Crippen molar-refractivity contribution < 1.29 is 37.3 Å². The Hall–Kier alpha value is -4.31. The first-order valence-electron chi connectivity index (χ1n) is 10.6. The van der Waals surface area contributed by atoms with Crippen LogP contribution in [0, 0.1) is 40.9 Å². The van der Waals surface area contributed by atoms with E-state index >= 15 is 0 Å². The number of hydrogen-bond acceptors (Lipinski definition) is 7. The van der Waals surface area contributed by atoms with Crippen LogP contribution in [0.3, 0.4) is 0 Å². The summed E-state index contributed by atoms with van der Waals surface area (Å²) in [6, 6.07) is 13.9. The molecule has 0 fully saturated rings. The molecule has 0 unspecified atom stereocenters. The molecule has 1 aliphatic rings. The van der Waals surface area contributed by atoms with Crippen LogP contribution in [0.4, 0.5) is 13.2 Å². The van der Waals surface area contributed by atoms with Gasteiger partial charge in [0.25, 0.3) is 0 Å². The molecule has 0 amide bonds. The molecule has 0 heterocycles. The number of aliphatic hydroxyl groups is 1. The van der Waals surface area contributed by atoms with Crippen molar-refractivity contribution >= 4 is 11.9 Å². The highest BCUT2D eigenvalue weighted by Crippen LogP contribution is 2.59. The molecule has 7 nitrogen and oxygen atoms in total. The van der Waals surface area contributed by atoms with E-state index in [1.807, 2.05) is 12.1 Å². The summed E-state index contributed by atoms with van der Waals surface area (Å²) < 4.78 is 50.2. The summed E-state index contributed by atoms with van der Waals surface area (Å²) in [5, 5.41) is 32.1. The van der Waals surface area contributed by atoms with Crippen LogP contribution in [-0.4, -0.2) is 31.3 Å². The van der Waals surface area contributed by atoms with Crippen LogP contribution in [-0.2, 0) is 25.2 Å². The van der Waals surface area contributed by atoms with E-state index in [2.05, 4.69) is 0 Å². The SMILES string of the molecule is COC(=O)C1=C(O)[C@@H](C(=O)OC)[C@H](c2cccc(C(F)(F)F)c2)C(C#N)(C#N)[C@@H]1c1ccc(C)cc1. The lowest BCUT2D eigenvalue weighted by molar-refractivity contribution is -0.147. The molecule has 186 valence electrons. The van der Waals surface area contributed by atoms with Crippen molar-refractivity contribution in [1.29, 1.82) is 10.5 Å². The minimum Gasteiger partial charge on any atom is -0.511 e. The average molecular weight is 498 g/mol. The van der Waals surface area contributed by atoms with Gasteiger partial charge >= 0.3 is 18.1 Å². The zero-order valence-electron chi connectivity index (χ0n) is 19.5. The van der Waals surface area contributed by atoms with E-state index in [1.165, 1.54) is 18.2 Å². The highest BCUT2D eigenvalue weighted by molar-refractivity contribution is 5.94. The van der Waals surface area contributed by atoms with Gasteiger partial charge in [0.1, 0.15) is 11.7 Å². The number of halogens is 3. The second-order valence-electron chi connectivity index (χ2n) is 8.33. The Bertz CT molecular complexity index is 1290. The number of aliphatic hydroxyl groups excluding tert-OH is 1. The Balaban J connectivity index is 2.49. The number of carbonyl (C=O) groups excluding carboxylic acids is 2. The maximum Gasteiger partial charge on any atom is 0.416 e. The second-order valence-corrected chi connectivity index (χ2v) is 8.33. The van der Waals surface area contributed by atoms with Gasteiger partial charge in [-0.2, -0.15) is 23.7 Å². The third-order valence-corrected chi connectivity index (χ3v) is 6.35. The number of alkyl halides is 3. The lowest BCUT2D eigenvalue weighted by Crippen LogP contribution is -2.47. The van der Waals surface area contributed by atoms with Crippen LogP contribution in [0.15, 0.2) is 59.9 Å². The first-order chi connectivity index (χ1) is 17.0. The van der Waals surface area contributed by atoms with Gasteiger partial charge in [0, 0.05) is 5.92 Å². The van der Waals surface area contributed by atoms with Crippen molar-refractivity contribution in [3.05, 3.63) is 82.1 Å². The fourth-order valence-corrected chi connectivity index (χ4v) is 4.70. The van der Waals surface area contributed by atoms with E-state index in [4.69, 9.17) is 9.47 Å². The van der Waals surface area contributed by atoms with Crippen molar-refractivity contribution in [3.63, 3.8) is 0 Å². The first-order valence-corrected chi connectivity index (χ1v) is 10.6. The number of hydrogen-bond donors (Lipinski definition) is 1. The van der Waals surface area contributed by atoms with Crippen LogP contribution in [0.2, 0.25) is 0 Å². The highest BCUT2D eigenvalue weighted by atomic mass is 19.4. The fraction of sp³-hybridized carbons (Fsp3) is 0.308. The van der Waals surface area contributed by atoms with Crippen LogP contribution >= 0.6 is 0 Å². The predicted molar refractivity (Wildman–Crippen MR) is 119 cm³/mol. The van der Waals surface area contributed by atoms with E-state index in [9.17, 15) is 38.4 Å². The first kappa shape index (κ1) is 26.3. The van der Waals surface area contributed by atoms with Crippen LogP contribution in [0.25, 0.3) is 0 Å². The molecular formula is C26H21F3N2O5. The van der Waals surface area contributed by atoms with Crippen molar-refractivity contribution in [3.8, 4) is 12.1 Å². The predicted octanol–water partition coefficient (Wildman–Crippen LogP) is 4.70. The van der Waals surface area contributed by atoms with Gasteiger partial charge in [0.15, 0.2) is 5.41 Å². The van der Waals surface area contributed by atoms with E-state index in [1.54, 1.807) is 19.1 Å². The smallest absolute Gasteiger partial charge is 0.416 e. The Labute approximate surface area is 205 Å². The number of benzene rings is 2. The highest BCUT2D eigenvalue weighted by Gasteiger charge is 2.61. The van der Waals surface area contributed by atoms with Gasteiger partial charge in [-0.25, -0.2) is 4.79 Å². The fourth-order valence-electron chi connectivity index (χ4n) is 4.70. The minimum atomic E-state index is -4.77. The zero-order valence-corrected chi connectivity index (χ0v) is 19.5. The Morgan fingerprint density at radius 2 is 1.61 bits per heavy atom. The molecule has 0 bridgehead atoms. The Morgan fingerprint density at radius 3 is 2.11 bits per heavy atom. The third kappa shape index (κ3) is 4.27. The van der Waals surface area contributed by atoms with E-state index in [-0.39, 0.29) is 11.1 Å². The standard InChI is InChI=1S/C26H21F3N2O5/c1-14-7-9-15(10-8-14)20-18(23(33)35-2)22(32)19(24(34)36-3)21(25(20,12-30)13-31)16-5-4-6-17(11-16)26(27,28)29/h4-11,19-21,32H,1-3H3/t19-,20+,21-/m0/s1.